The second-order valence-corrected chi connectivity index (χ2v) is 12.9. The molecule has 0 aliphatic heterocycles. The Morgan fingerprint density at radius 3 is 2.05 bits per heavy atom. The molecule has 0 heterocycles. The van der Waals surface area contributed by atoms with Crippen LogP contribution in [-0.4, -0.2) is 36.4 Å². The lowest BCUT2D eigenvalue weighted by Crippen LogP contribution is -2.38. The van der Waals surface area contributed by atoms with Crippen LogP contribution in [0, 0.1) is 5.82 Å². The molecule has 1 amide bonds. The van der Waals surface area contributed by atoms with Crippen molar-refractivity contribution in [2.75, 3.05) is 28.0 Å². The second-order valence-electron chi connectivity index (χ2n) is 8.47. The standard InChI is InChI=1S/C27H22Cl2FN3O6S2/c1-39-22-9-7-21(8-10-22)33(41(37,38)24-11-3-19(30)4-12-24)17-27(34)31-20-5-13-23(14-6-20)40(35,36)32-26-15-2-18(28)16-25(26)29/h2-16,32H,17H2,1H3,(H,31,34). The molecule has 41 heavy (non-hydrogen) atoms. The van der Waals surface area contributed by atoms with Gasteiger partial charge in [-0.2, -0.15) is 0 Å². The number of sulfonamides is 2. The molecule has 14 heteroatoms. The first-order valence-corrected chi connectivity index (χ1v) is 15.4. The molecule has 0 bridgehead atoms. The van der Waals surface area contributed by atoms with Crippen molar-refractivity contribution < 1.29 is 30.8 Å². The van der Waals surface area contributed by atoms with Crippen LogP contribution in [-0.2, 0) is 24.8 Å². The van der Waals surface area contributed by atoms with Gasteiger partial charge in [-0.1, -0.05) is 23.2 Å². The minimum atomic E-state index is -4.28. The van der Waals surface area contributed by atoms with Crippen LogP contribution in [0.5, 0.6) is 5.75 Å². The quantitative estimate of drug-likeness (QED) is 0.227. The van der Waals surface area contributed by atoms with Crippen LogP contribution < -0.4 is 19.1 Å². The zero-order chi connectivity index (χ0) is 29.8. The molecule has 2 N–H and O–H groups in total. The van der Waals surface area contributed by atoms with Crippen LogP contribution in [0.15, 0.2) is 101 Å². The summed E-state index contributed by atoms with van der Waals surface area (Å²) in [7, 11) is -6.85. The second kappa shape index (κ2) is 12.4. The number of carbonyl (C=O) groups is 1. The summed E-state index contributed by atoms with van der Waals surface area (Å²) in [6.45, 7) is -0.636. The highest BCUT2D eigenvalue weighted by Gasteiger charge is 2.27. The van der Waals surface area contributed by atoms with Crippen molar-refractivity contribution in [2.45, 2.75) is 9.79 Å². The molecular weight excluding hydrogens is 616 g/mol. The summed E-state index contributed by atoms with van der Waals surface area (Å²) in [5.74, 6) is -0.858. The van der Waals surface area contributed by atoms with E-state index < -0.39 is 38.3 Å². The van der Waals surface area contributed by atoms with Crippen LogP contribution in [0.4, 0.5) is 21.5 Å². The normalized spacial score (nSPS) is 11.5. The van der Waals surface area contributed by atoms with E-state index in [4.69, 9.17) is 27.9 Å². The summed E-state index contributed by atoms with van der Waals surface area (Å²) in [5.41, 5.74) is 0.514. The molecule has 0 saturated heterocycles. The number of ether oxygens (including phenoxy) is 1. The molecule has 4 aromatic carbocycles. The molecule has 214 valence electrons. The summed E-state index contributed by atoms with van der Waals surface area (Å²) >= 11 is 11.9. The number of anilines is 3. The van der Waals surface area contributed by atoms with E-state index in [1.807, 2.05) is 0 Å². The Bertz CT molecular complexity index is 1770. The minimum absolute atomic E-state index is 0.111. The maximum Gasteiger partial charge on any atom is 0.264 e. The molecule has 0 atom stereocenters. The summed E-state index contributed by atoms with van der Waals surface area (Å²) in [5, 5.41) is 3.02. The van der Waals surface area contributed by atoms with Gasteiger partial charge in [-0.3, -0.25) is 13.8 Å². The van der Waals surface area contributed by atoms with Crippen LogP contribution in [0.1, 0.15) is 0 Å². The van der Waals surface area contributed by atoms with Gasteiger partial charge in [0.1, 0.15) is 18.1 Å². The number of carbonyl (C=O) groups excluding carboxylic acids is 1. The summed E-state index contributed by atoms with van der Waals surface area (Å²) in [6, 6.07) is 19.7. The van der Waals surface area contributed by atoms with Crippen LogP contribution in [0.25, 0.3) is 0 Å². The maximum atomic E-state index is 13.4. The SMILES string of the molecule is COc1ccc(N(CC(=O)Nc2ccc(S(=O)(=O)Nc3ccc(Cl)cc3Cl)cc2)S(=O)(=O)c2ccc(F)cc2)cc1. The van der Waals surface area contributed by atoms with Gasteiger partial charge in [0.25, 0.3) is 20.0 Å². The summed E-state index contributed by atoms with van der Waals surface area (Å²) in [6.07, 6.45) is 0. The first kappa shape index (κ1) is 30.1. The number of amides is 1. The Labute approximate surface area is 246 Å². The number of nitrogens with zero attached hydrogens (tertiary/aromatic N) is 1. The third-order valence-electron chi connectivity index (χ3n) is 5.67. The predicted octanol–water partition coefficient (Wildman–Crippen LogP) is 5.78. The van der Waals surface area contributed by atoms with E-state index in [0.717, 1.165) is 28.6 Å². The number of halogens is 3. The van der Waals surface area contributed by atoms with Crippen molar-refractivity contribution in [3.05, 3.63) is 107 Å². The molecule has 0 radical (unpaired) electrons. The van der Waals surface area contributed by atoms with E-state index in [1.165, 1.54) is 73.8 Å². The summed E-state index contributed by atoms with van der Waals surface area (Å²) in [4.78, 5) is 12.7. The molecule has 9 nitrogen and oxygen atoms in total. The van der Waals surface area contributed by atoms with Crippen LogP contribution in [0.2, 0.25) is 10.0 Å². The van der Waals surface area contributed by atoms with E-state index in [1.54, 1.807) is 0 Å². The first-order valence-electron chi connectivity index (χ1n) is 11.7. The van der Waals surface area contributed by atoms with Gasteiger partial charge in [-0.15, -0.1) is 0 Å². The van der Waals surface area contributed by atoms with Crippen molar-refractivity contribution in [1.82, 2.24) is 0 Å². The van der Waals surface area contributed by atoms with Crippen molar-refractivity contribution in [2.24, 2.45) is 0 Å². The molecule has 4 rings (SSSR count). The Morgan fingerprint density at radius 2 is 1.46 bits per heavy atom. The van der Waals surface area contributed by atoms with Gasteiger partial charge >= 0.3 is 0 Å². The molecule has 0 aliphatic carbocycles. The third kappa shape index (κ3) is 7.27. The minimum Gasteiger partial charge on any atom is -0.497 e. The van der Waals surface area contributed by atoms with E-state index in [-0.39, 0.29) is 31.9 Å². The van der Waals surface area contributed by atoms with E-state index >= 15 is 0 Å². The molecule has 0 fully saturated rings. The molecule has 0 spiro atoms. The van der Waals surface area contributed by atoms with E-state index in [2.05, 4.69) is 10.0 Å². The highest BCUT2D eigenvalue weighted by Crippen LogP contribution is 2.29. The average Bonchev–Trinajstić information content (AvgIpc) is 2.94. The number of benzene rings is 4. The van der Waals surface area contributed by atoms with E-state index in [9.17, 15) is 26.0 Å². The Hall–Kier alpha value is -3.84. The molecule has 0 aliphatic rings. The number of methoxy groups -OCH3 is 1. The Morgan fingerprint density at radius 1 is 0.854 bits per heavy atom. The molecular formula is C27H22Cl2FN3O6S2. The number of nitrogens with one attached hydrogen (secondary N) is 2. The lowest BCUT2D eigenvalue weighted by Gasteiger charge is -2.24. The Balaban J connectivity index is 1.53. The fourth-order valence-corrected chi connectivity index (χ4v) is 6.63. The van der Waals surface area contributed by atoms with Crippen LogP contribution >= 0.6 is 23.2 Å². The molecule has 0 aromatic heterocycles. The molecule has 0 saturated carbocycles. The van der Waals surface area contributed by atoms with Crippen molar-refractivity contribution in [3.63, 3.8) is 0 Å². The van der Waals surface area contributed by atoms with Gasteiger partial charge in [-0.25, -0.2) is 21.2 Å². The predicted molar refractivity (Wildman–Crippen MR) is 156 cm³/mol. The fraction of sp³-hybridized carbons (Fsp3) is 0.0741. The lowest BCUT2D eigenvalue weighted by atomic mass is 10.3. The van der Waals surface area contributed by atoms with Gasteiger partial charge in [-0.05, 0) is 91.0 Å². The lowest BCUT2D eigenvalue weighted by molar-refractivity contribution is -0.114. The Kier molecular flexibility index (Phi) is 9.08. The van der Waals surface area contributed by atoms with Gasteiger partial charge in [0.15, 0.2) is 0 Å². The first-order chi connectivity index (χ1) is 19.4. The van der Waals surface area contributed by atoms with Crippen molar-refractivity contribution in [1.29, 1.82) is 0 Å². The smallest absolute Gasteiger partial charge is 0.264 e. The maximum absolute atomic E-state index is 13.4. The number of hydrogen-bond donors (Lipinski definition) is 2. The van der Waals surface area contributed by atoms with Gasteiger partial charge in [0, 0.05) is 10.7 Å². The molecule has 0 unspecified atom stereocenters. The largest absolute Gasteiger partial charge is 0.497 e. The third-order valence-corrected chi connectivity index (χ3v) is 9.39. The fourth-order valence-electron chi connectivity index (χ4n) is 3.62. The average molecular weight is 639 g/mol. The van der Waals surface area contributed by atoms with Gasteiger partial charge in [0.05, 0.1) is 33.3 Å². The highest BCUT2D eigenvalue weighted by molar-refractivity contribution is 7.93. The molecule has 4 aromatic rings. The van der Waals surface area contributed by atoms with Gasteiger partial charge < -0.3 is 10.1 Å². The van der Waals surface area contributed by atoms with Crippen molar-refractivity contribution in [3.8, 4) is 5.75 Å². The zero-order valence-electron chi connectivity index (χ0n) is 21.2. The highest BCUT2D eigenvalue weighted by atomic mass is 35.5. The number of rotatable bonds is 10. The summed E-state index contributed by atoms with van der Waals surface area (Å²) < 4.78 is 74.2. The van der Waals surface area contributed by atoms with Crippen LogP contribution in [0.3, 0.4) is 0 Å². The van der Waals surface area contributed by atoms with E-state index in [0.29, 0.717) is 10.8 Å². The topological polar surface area (TPSA) is 122 Å². The zero-order valence-corrected chi connectivity index (χ0v) is 24.4. The van der Waals surface area contributed by atoms with Gasteiger partial charge in [0.2, 0.25) is 5.91 Å². The monoisotopic (exact) mass is 637 g/mol. The van der Waals surface area contributed by atoms with Crippen molar-refractivity contribution >= 4 is 66.2 Å². The number of hydrogen-bond acceptors (Lipinski definition) is 6.